The Labute approximate surface area is 132 Å². The van der Waals surface area contributed by atoms with Crippen molar-refractivity contribution < 1.29 is 0 Å². The molecule has 0 aliphatic heterocycles. The van der Waals surface area contributed by atoms with Crippen LogP contribution in [0.15, 0.2) is 12.1 Å². The maximum atomic E-state index is 6.17. The van der Waals surface area contributed by atoms with Gasteiger partial charge in [-0.05, 0) is 74.5 Å². The molecule has 0 spiro atoms. The van der Waals surface area contributed by atoms with Gasteiger partial charge in [0.2, 0.25) is 0 Å². The van der Waals surface area contributed by atoms with Gasteiger partial charge in [-0.2, -0.15) is 0 Å². The summed E-state index contributed by atoms with van der Waals surface area (Å²) in [5.41, 5.74) is 0. The Morgan fingerprint density at radius 3 is 2.65 bits per heavy atom. The summed E-state index contributed by atoms with van der Waals surface area (Å²) in [7, 11) is 0. The van der Waals surface area contributed by atoms with Gasteiger partial charge < -0.3 is 5.32 Å². The van der Waals surface area contributed by atoms with Crippen molar-refractivity contribution in [3.05, 3.63) is 21.3 Å². The van der Waals surface area contributed by atoms with E-state index in [1.54, 1.807) is 11.3 Å². The molecule has 112 valence electrons. The molecule has 2 aliphatic carbocycles. The van der Waals surface area contributed by atoms with E-state index >= 15 is 0 Å². The van der Waals surface area contributed by atoms with E-state index < -0.39 is 0 Å². The van der Waals surface area contributed by atoms with Crippen LogP contribution in [-0.2, 0) is 0 Å². The van der Waals surface area contributed by atoms with E-state index in [0.29, 0.717) is 0 Å². The van der Waals surface area contributed by atoms with Gasteiger partial charge in [0.1, 0.15) is 0 Å². The molecule has 1 heterocycles. The number of thiophene rings is 1. The summed E-state index contributed by atoms with van der Waals surface area (Å²) >= 11 is 7.97. The van der Waals surface area contributed by atoms with Crippen LogP contribution in [0.2, 0.25) is 4.34 Å². The van der Waals surface area contributed by atoms with Crippen molar-refractivity contribution in [3.63, 3.8) is 0 Å². The molecule has 3 atom stereocenters. The van der Waals surface area contributed by atoms with Gasteiger partial charge in [-0.3, -0.25) is 0 Å². The Hall–Kier alpha value is -0.0500. The van der Waals surface area contributed by atoms with Crippen LogP contribution in [0.25, 0.3) is 0 Å². The minimum atomic E-state index is 0.722. The minimum absolute atomic E-state index is 0.722. The predicted molar refractivity (Wildman–Crippen MR) is 88.8 cm³/mol. The standard InChI is InChI=1S/C17H26ClNS/c1-11(2)12-3-4-13(10-19-14-5-6-14)15(9-12)16-7-8-17(18)20-16/h7-8,11-15,19H,3-6,9-10H2,1-2H3. The Morgan fingerprint density at radius 2 is 2.05 bits per heavy atom. The molecule has 2 saturated carbocycles. The quantitative estimate of drug-likeness (QED) is 0.777. The second kappa shape index (κ2) is 6.37. The fraction of sp³-hybridized carbons (Fsp3) is 0.765. The molecule has 3 unspecified atom stereocenters. The number of hydrogen-bond donors (Lipinski definition) is 1. The zero-order valence-electron chi connectivity index (χ0n) is 12.6. The van der Waals surface area contributed by atoms with Crippen LogP contribution in [-0.4, -0.2) is 12.6 Å². The Kier molecular flexibility index (Phi) is 4.74. The first-order valence-corrected chi connectivity index (χ1v) is 9.31. The lowest BCUT2D eigenvalue weighted by Crippen LogP contribution is -2.33. The van der Waals surface area contributed by atoms with Gasteiger partial charge >= 0.3 is 0 Å². The van der Waals surface area contributed by atoms with Gasteiger partial charge in [-0.15, -0.1) is 11.3 Å². The maximum absolute atomic E-state index is 6.17. The van der Waals surface area contributed by atoms with Crippen LogP contribution < -0.4 is 5.32 Å². The van der Waals surface area contributed by atoms with Gasteiger partial charge in [0.25, 0.3) is 0 Å². The van der Waals surface area contributed by atoms with Gasteiger partial charge in [0.15, 0.2) is 0 Å². The van der Waals surface area contributed by atoms with Crippen molar-refractivity contribution in [2.24, 2.45) is 17.8 Å². The summed E-state index contributed by atoms with van der Waals surface area (Å²) in [5.74, 6) is 3.23. The molecule has 3 heteroatoms. The second-order valence-electron chi connectivity index (χ2n) is 7.01. The number of halogens is 1. The van der Waals surface area contributed by atoms with E-state index in [0.717, 1.165) is 34.0 Å². The zero-order chi connectivity index (χ0) is 14.1. The molecular formula is C17H26ClNS. The van der Waals surface area contributed by atoms with E-state index in [4.69, 9.17) is 11.6 Å². The third kappa shape index (κ3) is 3.58. The summed E-state index contributed by atoms with van der Waals surface area (Å²) in [4.78, 5) is 1.52. The molecule has 0 radical (unpaired) electrons. The number of nitrogens with one attached hydrogen (secondary N) is 1. The third-order valence-corrected chi connectivity index (χ3v) is 6.55. The lowest BCUT2D eigenvalue weighted by atomic mass is 9.70. The highest BCUT2D eigenvalue weighted by Crippen LogP contribution is 2.45. The maximum Gasteiger partial charge on any atom is 0.0931 e. The Morgan fingerprint density at radius 1 is 1.25 bits per heavy atom. The van der Waals surface area contributed by atoms with Crippen LogP contribution in [0.5, 0.6) is 0 Å². The Balaban J connectivity index is 1.70. The van der Waals surface area contributed by atoms with Crippen LogP contribution in [0.4, 0.5) is 0 Å². The second-order valence-corrected chi connectivity index (χ2v) is 8.75. The molecule has 3 rings (SSSR count). The van der Waals surface area contributed by atoms with E-state index in [2.05, 4.69) is 31.3 Å². The fourth-order valence-electron chi connectivity index (χ4n) is 3.60. The molecule has 1 aromatic rings. The average Bonchev–Trinajstić information content (AvgIpc) is 3.16. The van der Waals surface area contributed by atoms with Crippen molar-refractivity contribution >= 4 is 22.9 Å². The van der Waals surface area contributed by atoms with E-state index in [1.807, 2.05) is 0 Å². The molecule has 2 fully saturated rings. The number of rotatable bonds is 5. The summed E-state index contributed by atoms with van der Waals surface area (Å²) in [6.45, 7) is 5.97. The highest BCUT2D eigenvalue weighted by Gasteiger charge is 2.34. The normalized spacial score (nSPS) is 30.9. The minimum Gasteiger partial charge on any atom is -0.314 e. The van der Waals surface area contributed by atoms with Crippen LogP contribution in [0.1, 0.15) is 56.7 Å². The largest absolute Gasteiger partial charge is 0.314 e. The SMILES string of the molecule is CC(C)C1CCC(CNC2CC2)C(c2ccc(Cl)s2)C1. The molecule has 0 aromatic carbocycles. The molecule has 20 heavy (non-hydrogen) atoms. The summed E-state index contributed by atoms with van der Waals surface area (Å²) in [6.07, 6.45) is 6.91. The van der Waals surface area contributed by atoms with E-state index in [-0.39, 0.29) is 0 Å². The summed E-state index contributed by atoms with van der Waals surface area (Å²) < 4.78 is 0.945. The molecule has 1 N–H and O–H groups in total. The topological polar surface area (TPSA) is 12.0 Å². The zero-order valence-corrected chi connectivity index (χ0v) is 14.1. The molecule has 1 aromatic heterocycles. The first-order valence-electron chi connectivity index (χ1n) is 8.12. The lowest BCUT2D eigenvalue weighted by molar-refractivity contribution is 0.192. The third-order valence-electron chi connectivity index (χ3n) is 5.18. The van der Waals surface area contributed by atoms with E-state index in [9.17, 15) is 0 Å². The first kappa shape index (κ1) is 14.9. The molecule has 1 nitrogen and oxygen atoms in total. The Bertz CT molecular complexity index is 438. The molecule has 0 amide bonds. The molecule has 0 bridgehead atoms. The summed E-state index contributed by atoms with van der Waals surface area (Å²) in [5, 5.41) is 3.75. The van der Waals surface area contributed by atoms with Gasteiger partial charge in [-0.25, -0.2) is 0 Å². The van der Waals surface area contributed by atoms with E-state index in [1.165, 1.54) is 43.5 Å². The van der Waals surface area contributed by atoms with Crippen molar-refractivity contribution in [3.8, 4) is 0 Å². The van der Waals surface area contributed by atoms with Crippen molar-refractivity contribution in [2.45, 2.75) is 57.9 Å². The highest BCUT2D eigenvalue weighted by molar-refractivity contribution is 7.16. The number of hydrogen-bond acceptors (Lipinski definition) is 2. The highest BCUT2D eigenvalue weighted by atomic mass is 35.5. The van der Waals surface area contributed by atoms with Gasteiger partial charge in [0, 0.05) is 10.9 Å². The van der Waals surface area contributed by atoms with Crippen LogP contribution in [0.3, 0.4) is 0 Å². The molecule has 2 aliphatic rings. The van der Waals surface area contributed by atoms with Gasteiger partial charge in [-0.1, -0.05) is 25.4 Å². The van der Waals surface area contributed by atoms with Crippen molar-refractivity contribution in [1.82, 2.24) is 5.32 Å². The van der Waals surface area contributed by atoms with Crippen LogP contribution >= 0.6 is 22.9 Å². The van der Waals surface area contributed by atoms with Gasteiger partial charge in [0.05, 0.1) is 4.34 Å². The first-order chi connectivity index (χ1) is 9.63. The fourth-order valence-corrected chi connectivity index (χ4v) is 4.86. The van der Waals surface area contributed by atoms with Crippen molar-refractivity contribution in [2.75, 3.05) is 6.54 Å². The van der Waals surface area contributed by atoms with Crippen molar-refractivity contribution in [1.29, 1.82) is 0 Å². The predicted octanol–water partition coefficient (Wildman–Crippen LogP) is 5.31. The van der Waals surface area contributed by atoms with Crippen LogP contribution in [0, 0.1) is 17.8 Å². The monoisotopic (exact) mass is 311 g/mol. The average molecular weight is 312 g/mol. The molecular weight excluding hydrogens is 286 g/mol. The lowest BCUT2D eigenvalue weighted by Gasteiger charge is -2.37. The molecule has 0 saturated heterocycles. The summed E-state index contributed by atoms with van der Waals surface area (Å²) in [6, 6.07) is 5.17. The smallest absolute Gasteiger partial charge is 0.0931 e.